The first-order valence-electron chi connectivity index (χ1n) is 9.00. The third-order valence-electron chi connectivity index (χ3n) is 5.15. The van der Waals surface area contributed by atoms with E-state index in [0.717, 1.165) is 42.8 Å². The molecule has 1 atom stereocenters. The predicted octanol–water partition coefficient (Wildman–Crippen LogP) is 3.15. The standard InChI is InChI=1S/C19H23N5O/c1-3-23(4-2)14-10-8-13(9-11-14)18-17-15(6-5-7-16(17)25)22-19-20-12-21-24(18)19/h8-12,18H,3-7H2,1-2H3,(H,20,21,22)/t18-/m0/s1. The van der Waals surface area contributed by atoms with Gasteiger partial charge in [-0.3, -0.25) is 4.79 Å². The highest BCUT2D eigenvalue weighted by atomic mass is 16.1. The number of nitrogens with one attached hydrogen (secondary N) is 1. The molecule has 0 unspecified atom stereocenters. The van der Waals surface area contributed by atoms with Crippen LogP contribution in [0.15, 0.2) is 41.9 Å². The van der Waals surface area contributed by atoms with Crippen molar-refractivity contribution < 1.29 is 4.79 Å². The fourth-order valence-electron chi connectivity index (χ4n) is 3.86. The van der Waals surface area contributed by atoms with Crippen molar-refractivity contribution >= 4 is 17.4 Å². The van der Waals surface area contributed by atoms with Gasteiger partial charge in [0.1, 0.15) is 12.4 Å². The van der Waals surface area contributed by atoms with Gasteiger partial charge in [-0.05, 0) is 44.4 Å². The number of ketones is 1. The number of aromatic nitrogens is 3. The van der Waals surface area contributed by atoms with E-state index in [1.165, 1.54) is 5.69 Å². The van der Waals surface area contributed by atoms with Gasteiger partial charge in [-0.15, -0.1) is 0 Å². The topological polar surface area (TPSA) is 63.1 Å². The van der Waals surface area contributed by atoms with E-state index < -0.39 is 0 Å². The van der Waals surface area contributed by atoms with Crippen molar-refractivity contribution in [3.8, 4) is 0 Å². The van der Waals surface area contributed by atoms with Crippen LogP contribution in [0.4, 0.5) is 11.6 Å². The molecule has 0 spiro atoms. The fraction of sp³-hybridized carbons (Fsp3) is 0.421. The van der Waals surface area contributed by atoms with Crippen LogP contribution in [0.1, 0.15) is 44.7 Å². The third-order valence-corrected chi connectivity index (χ3v) is 5.15. The van der Waals surface area contributed by atoms with Crippen molar-refractivity contribution in [3.63, 3.8) is 0 Å². The smallest absolute Gasteiger partial charge is 0.226 e. The largest absolute Gasteiger partial charge is 0.372 e. The second-order valence-corrected chi connectivity index (χ2v) is 6.49. The molecule has 2 aromatic rings. The zero-order valence-corrected chi connectivity index (χ0v) is 14.7. The molecule has 1 aromatic heterocycles. The molecule has 6 heteroatoms. The molecule has 0 fully saturated rings. The predicted molar refractivity (Wildman–Crippen MR) is 97.7 cm³/mol. The summed E-state index contributed by atoms with van der Waals surface area (Å²) in [7, 11) is 0. The van der Waals surface area contributed by atoms with Crippen molar-refractivity contribution in [2.24, 2.45) is 0 Å². The fourth-order valence-corrected chi connectivity index (χ4v) is 3.86. The van der Waals surface area contributed by atoms with E-state index in [9.17, 15) is 4.79 Å². The number of rotatable bonds is 4. The molecule has 1 aliphatic heterocycles. The molecule has 2 aliphatic rings. The monoisotopic (exact) mass is 337 g/mol. The molecule has 2 heterocycles. The van der Waals surface area contributed by atoms with Gasteiger partial charge in [0.05, 0.1) is 0 Å². The van der Waals surface area contributed by atoms with Crippen molar-refractivity contribution in [2.75, 3.05) is 23.3 Å². The maximum absolute atomic E-state index is 12.6. The number of hydrogen-bond acceptors (Lipinski definition) is 5. The van der Waals surface area contributed by atoms with Gasteiger partial charge in [0.25, 0.3) is 0 Å². The summed E-state index contributed by atoms with van der Waals surface area (Å²) in [5.41, 5.74) is 4.13. The van der Waals surface area contributed by atoms with Crippen LogP contribution in [0.25, 0.3) is 0 Å². The Balaban J connectivity index is 1.77. The van der Waals surface area contributed by atoms with Crippen molar-refractivity contribution in [1.29, 1.82) is 0 Å². The molecule has 1 aliphatic carbocycles. The molecule has 6 nitrogen and oxygen atoms in total. The number of Topliss-reactive ketones (excluding diaryl/α,β-unsaturated/α-hetero) is 1. The van der Waals surface area contributed by atoms with Crippen LogP contribution >= 0.6 is 0 Å². The van der Waals surface area contributed by atoms with Gasteiger partial charge in [-0.2, -0.15) is 10.1 Å². The Morgan fingerprint density at radius 3 is 2.68 bits per heavy atom. The van der Waals surface area contributed by atoms with Crippen LogP contribution in [-0.4, -0.2) is 33.6 Å². The Hall–Kier alpha value is -2.63. The summed E-state index contributed by atoms with van der Waals surface area (Å²) in [6, 6.07) is 8.30. The Morgan fingerprint density at radius 2 is 1.96 bits per heavy atom. The SMILES string of the molecule is CCN(CC)c1ccc([C@H]2C3=C(CCCC3=O)Nc3ncnn32)cc1. The summed E-state index contributed by atoms with van der Waals surface area (Å²) in [6.07, 6.45) is 3.94. The summed E-state index contributed by atoms with van der Waals surface area (Å²) in [5.74, 6) is 0.930. The van der Waals surface area contributed by atoms with E-state index in [4.69, 9.17) is 0 Å². The Bertz CT molecular complexity index is 817. The first-order chi connectivity index (χ1) is 12.2. The van der Waals surface area contributed by atoms with Gasteiger partial charge in [-0.1, -0.05) is 12.1 Å². The van der Waals surface area contributed by atoms with Gasteiger partial charge >= 0.3 is 0 Å². The number of benzene rings is 1. The molecular formula is C19H23N5O. The van der Waals surface area contributed by atoms with Crippen LogP contribution in [0, 0.1) is 0 Å². The number of fused-ring (bicyclic) bond motifs is 1. The molecule has 4 rings (SSSR count). The molecule has 0 saturated heterocycles. The van der Waals surface area contributed by atoms with Gasteiger partial charge in [0.15, 0.2) is 5.78 Å². The van der Waals surface area contributed by atoms with Gasteiger partial charge in [-0.25, -0.2) is 4.68 Å². The lowest BCUT2D eigenvalue weighted by molar-refractivity contribution is -0.116. The first kappa shape index (κ1) is 15.9. The van der Waals surface area contributed by atoms with Crippen molar-refractivity contribution in [1.82, 2.24) is 14.8 Å². The molecule has 1 aromatic carbocycles. The summed E-state index contributed by atoms with van der Waals surface area (Å²) in [5, 5.41) is 7.67. The highest BCUT2D eigenvalue weighted by Gasteiger charge is 2.35. The van der Waals surface area contributed by atoms with Crippen molar-refractivity contribution in [2.45, 2.75) is 39.2 Å². The zero-order chi connectivity index (χ0) is 17.4. The summed E-state index contributed by atoms with van der Waals surface area (Å²) in [6.45, 7) is 6.27. The number of anilines is 2. The normalized spacial score (nSPS) is 19.3. The third kappa shape index (κ3) is 2.62. The molecule has 0 amide bonds. The minimum Gasteiger partial charge on any atom is -0.372 e. The van der Waals surface area contributed by atoms with Crippen LogP contribution < -0.4 is 10.2 Å². The minimum absolute atomic E-state index is 0.188. The van der Waals surface area contributed by atoms with E-state index in [-0.39, 0.29) is 11.8 Å². The maximum Gasteiger partial charge on any atom is 0.226 e. The maximum atomic E-state index is 12.6. The first-order valence-corrected chi connectivity index (χ1v) is 9.00. The molecular weight excluding hydrogens is 314 g/mol. The molecule has 1 N–H and O–H groups in total. The minimum atomic E-state index is -0.188. The lowest BCUT2D eigenvalue weighted by Gasteiger charge is -2.32. The average molecular weight is 337 g/mol. The number of allylic oxidation sites excluding steroid dienone is 2. The van der Waals surface area contributed by atoms with E-state index in [1.807, 2.05) is 4.68 Å². The summed E-state index contributed by atoms with van der Waals surface area (Å²) < 4.78 is 1.83. The second-order valence-electron chi connectivity index (χ2n) is 6.49. The molecule has 130 valence electrons. The van der Waals surface area contributed by atoms with Crippen LogP contribution in [0.2, 0.25) is 0 Å². The molecule has 25 heavy (non-hydrogen) atoms. The lowest BCUT2D eigenvalue weighted by Crippen LogP contribution is -2.31. The molecule has 0 bridgehead atoms. The Kier molecular flexibility index (Phi) is 4.03. The number of carbonyl (C=O) groups is 1. The second kappa shape index (κ2) is 6.35. The van der Waals surface area contributed by atoms with Crippen LogP contribution in [0.5, 0.6) is 0 Å². The summed E-state index contributed by atoms with van der Waals surface area (Å²) >= 11 is 0. The Labute approximate surface area is 147 Å². The van der Waals surface area contributed by atoms with E-state index in [2.05, 4.69) is 58.4 Å². The van der Waals surface area contributed by atoms with E-state index in [0.29, 0.717) is 12.4 Å². The van der Waals surface area contributed by atoms with Gasteiger partial charge < -0.3 is 10.2 Å². The quantitative estimate of drug-likeness (QED) is 0.928. The highest BCUT2D eigenvalue weighted by molar-refractivity contribution is 5.99. The van der Waals surface area contributed by atoms with E-state index >= 15 is 0 Å². The number of hydrogen-bond donors (Lipinski definition) is 1. The lowest BCUT2D eigenvalue weighted by atomic mass is 9.85. The number of carbonyl (C=O) groups excluding carboxylic acids is 1. The number of nitrogens with zero attached hydrogens (tertiary/aromatic N) is 4. The summed E-state index contributed by atoms with van der Waals surface area (Å²) in [4.78, 5) is 19.3. The van der Waals surface area contributed by atoms with Crippen molar-refractivity contribution in [3.05, 3.63) is 47.4 Å². The van der Waals surface area contributed by atoms with Crippen LogP contribution in [0.3, 0.4) is 0 Å². The van der Waals surface area contributed by atoms with E-state index in [1.54, 1.807) is 6.33 Å². The molecule has 0 saturated carbocycles. The van der Waals surface area contributed by atoms with Crippen LogP contribution in [-0.2, 0) is 4.79 Å². The van der Waals surface area contributed by atoms with Gasteiger partial charge in [0, 0.05) is 36.5 Å². The zero-order valence-electron chi connectivity index (χ0n) is 14.7. The van der Waals surface area contributed by atoms with Gasteiger partial charge in [0.2, 0.25) is 5.95 Å². The Morgan fingerprint density at radius 1 is 1.20 bits per heavy atom. The molecule has 0 radical (unpaired) electrons. The highest BCUT2D eigenvalue weighted by Crippen LogP contribution is 2.39. The average Bonchev–Trinajstić information content (AvgIpc) is 3.10.